The van der Waals surface area contributed by atoms with Gasteiger partial charge in [-0.3, -0.25) is 10.1 Å². The molecule has 1 N–H and O–H groups in total. The molecular formula is C13H12N2O4. The van der Waals surface area contributed by atoms with Crippen molar-refractivity contribution in [1.82, 2.24) is 4.98 Å². The standard InChI is InChI=1S/C13H12N2O4/c1-9-6-13(14-7-11(9)15(17)18)19-12-5-3-2-4-10(12)8-16/h2-7,16H,8H2,1H3. The summed E-state index contributed by atoms with van der Waals surface area (Å²) in [5, 5.41) is 19.9. The molecule has 0 atom stereocenters. The fraction of sp³-hybridized carbons (Fsp3) is 0.154. The lowest BCUT2D eigenvalue weighted by molar-refractivity contribution is -0.385. The van der Waals surface area contributed by atoms with Gasteiger partial charge in [-0.25, -0.2) is 4.98 Å². The lowest BCUT2D eigenvalue weighted by atomic mass is 10.2. The molecule has 2 aromatic rings. The van der Waals surface area contributed by atoms with E-state index in [1.807, 2.05) is 0 Å². The molecule has 0 aliphatic heterocycles. The van der Waals surface area contributed by atoms with Gasteiger partial charge in [-0.15, -0.1) is 0 Å². The van der Waals surface area contributed by atoms with E-state index >= 15 is 0 Å². The quantitative estimate of drug-likeness (QED) is 0.674. The molecule has 2 rings (SSSR count). The van der Waals surface area contributed by atoms with E-state index in [-0.39, 0.29) is 18.2 Å². The molecule has 0 aliphatic carbocycles. The van der Waals surface area contributed by atoms with E-state index in [0.717, 1.165) is 6.20 Å². The number of aliphatic hydroxyl groups excluding tert-OH is 1. The van der Waals surface area contributed by atoms with Crippen LogP contribution in [0.25, 0.3) is 0 Å². The molecule has 1 aromatic heterocycles. The van der Waals surface area contributed by atoms with Crippen LogP contribution in [0, 0.1) is 17.0 Å². The van der Waals surface area contributed by atoms with Gasteiger partial charge in [-0.05, 0) is 13.0 Å². The Morgan fingerprint density at radius 1 is 1.42 bits per heavy atom. The molecule has 6 nitrogen and oxygen atoms in total. The molecule has 0 fully saturated rings. The predicted octanol–water partition coefficient (Wildman–Crippen LogP) is 2.58. The minimum Gasteiger partial charge on any atom is -0.439 e. The van der Waals surface area contributed by atoms with Crippen LogP contribution in [0.15, 0.2) is 36.5 Å². The zero-order chi connectivity index (χ0) is 13.8. The number of ether oxygens (including phenoxy) is 1. The largest absolute Gasteiger partial charge is 0.439 e. The van der Waals surface area contributed by atoms with Crippen LogP contribution in [0.3, 0.4) is 0 Å². The second-order valence-corrected chi connectivity index (χ2v) is 3.93. The van der Waals surface area contributed by atoms with E-state index in [2.05, 4.69) is 4.98 Å². The fourth-order valence-electron chi connectivity index (χ4n) is 1.62. The Morgan fingerprint density at radius 3 is 2.79 bits per heavy atom. The highest BCUT2D eigenvalue weighted by Crippen LogP contribution is 2.26. The highest BCUT2D eigenvalue weighted by molar-refractivity contribution is 5.41. The molecule has 6 heteroatoms. The van der Waals surface area contributed by atoms with Gasteiger partial charge >= 0.3 is 0 Å². The summed E-state index contributed by atoms with van der Waals surface area (Å²) in [6, 6.07) is 8.48. The van der Waals surface area contributed by atoms with Crippen LogP contribution in [0.1, 0.15) is 11.1 Å². The number of hydrogen-bond donors (Lipinski definition) is 1. The van der Waals surface area contributed by atoms with Crippen LogP contribution < -0.4 is 4.74 Å². The number of para-hydroxylation sites is 1. The van der Waals surface area contributed by atoms with Gasteiger partial charge in [0.1, 0.15) is 11.9 Å². The Morgan fingerprint density at radius 2 is 2.16 bits per heavy atom. The molecule has 0 unspecified atom stereocenters. The molecule has 0 saturated carbocycles. The highest BCUT2D eigenvalue weighted by atomic mass is 16.6. The summed E-state index contributed by atoms with van der Waals surface area (Å²) in [7, 11) is 0. The molecule has 1 aromatic carbocycles. The van der Waals surface area contributed by atoms with Crippen molar-refractivity contribution in [3.8, 4) is 11.6 Å². The number of nitrogens with zero attached hydrogens (tertiary/aromatic N) is 2. The van der Waals surface area contributed by atoms with E-state index in [9.17, 15) is 15.2 Å². The molecule has 98 valence electrons. The van der Waals surface area contributed by atoms with Gasteiger partial charge in [0, 0.05) is 17.2 Å². The SMILES string of the molecule is Cc1cc(Oc2ccccc2CO)ncc1[N+](=O)[O-]. The van der Waals surface area contributed by atoms with Gasteiger partial charge in [0.2, 0.25) is 5.88 Å². The first-order valence-corrected chi connectivity index (χ1v) is 5.59. The lowest BCUT2D eigenvalue weighted by Crippen LogP contribution is -1.96. The van der Waals surface area contributed by atoms with Crippen LogP contribution in [0.2, 0.25) is 0 Å². The number of aliphatic hydroxyl groups is 1. The molecule has 0 bridgehead atoms. The fourth-order valence-corrected chi connectivity index (χ4v) is 1.62. The Labute approximate surface area is 109 Å². The van der Waals surface area contributed by atoms with Crippen molar-refractivity contribution in [2.75, 3.05) is 0 Å². The third kappa shape index (κ3) is 2.86. The zero-order valence-corrected chi connectivity index (χ0v) is 10.2. The number of rotatable bonds is 4. The second-order valence-electron chi connectivity index (χ2n) is 3.93. The molecule has 0 amide bonds. The van der Waals surface area contributed by atoms with E-state index < -0.39 is 4.92 Å². The maximum atomic E-state index is 10.7. The highest BCUT2D eigenvalue weighted by Gasteiger charge is 2.13. The van der Waals surface area contributed by atoms with Crippen LogP contribution in [-0.4, -0.2) is 15.0 Å². The smallest absolute Gasteiger partial charge is 0.290 e. The minimum atomic E-state index is -0.492. The van der Waals surface area contributed by atoms with E-state index in [0.29, 0.717) is 16.9 Å². The van der Waals surface area contributed by atoms with Gasteiger partial charge < -0.3 is 9.84 Å². The van der Waals surface area contributed by atoms with E-state index in [4.69, 9.17) is 4.74 Å². The number of pyridine rings is 1. The summed E-state index contributed by atoms with van der Waals surface area (Å²) in [6.07, 6.45) is 1.16. The molecular weight excluding hydrogens is 248 g/mol. The maximum absolute atomic E-state index is 10.7. The van der Waals surface area contributed by atoms with Crippen LogP contribution in [-0.2, 0) is 6.61 Å². The molecule has 0 spiro atoms. The summed E-state index contributed by atoms with van der Waals surface area (Å²) in [5.41, 5.74) is 1.04. The Hall–Kier alpha value is -2.47. The van der Waals surface area contributed by atoms with Gasteiger partial charge in [0.05, 0.1) is 11.5 Å². The molecule has 19 heavy (non-hydrogen) atoms. The number of benzene rings is 1. The van der Waals surface area contributed by atoms with Crippen LogP contribution in [0.5, 0.6) is 11.6 Å². The summed E-state index contributed by atoms with van der Waals surface area (Å²) in [4.78, 5) is 14.1. The first-order valence-electron chi connectivity index (χ1n) is 5.59. The van der Waals surface area contributed by atoms with Crippen LogP contribution in [0.4, 0.5) is 5.69 Å². The molecule has 0 saturated heterocycles. The number of hydrogen-bond acceptors (Lipinski definition) is 5. The van der Waals surface area contributed by atoms with E-state index in [1.165, 1.54) is 6.07 Å². The summed E-state index contributed by atoms with van der Waals surface area (Å²) >= 11 is 0. The predicted molar refractivity (Wildman–Crippen MR) is 68.1 cm³/mol. The number of nitro groups is 1. The number of aromatic nitrogens is 1. The summed E-state index contributed by atoms with van der Waals surface area (Å²) in [5.74, 6) is 0.731. The molecule has 0 radical (unpaired) electrons. The Kier molecular flexibility index (Phi) is 3.72. The van der Waals surface area contributed by atoms with Gasteiger partial charge in [0.25, 0.3) is 5.69 Å². The maximum Gasteiger partial charge on any atom is 0.290 e. The van der Waals surface area contributed by atoms with Gasteiger partial charge in [0.15, 0.2) is 0 Å². The lowest BCUT2D eigenvalue weighted by Gasteiger charge is -2.08. The third-order valence-corrected chi connectivity index (χ3v) is 2.61. The average molecular weight is 260 g/mol. The number of aryl methyl sites for hydroxylation is 1. The molecule has 0 aliphatic rings. The van der Waals surface area contributed by atoms with Crippen molar-refractivity contribution in [2.45, 2.75) is 13.5 Å². The Bertz CT molecular complexity index is 613. The average Bonchev–Trinajstić information content (AvgIpc) is 2.39. The van der Waals surface area contributed by atoms with Crippen molar-refractivity contribution in [2.24, 2.45) is 0 Å². The van der Waals surface area contributed by atoms with Crippen molar-refractivity contribution in [3.05, 3.63) is 57.8 Å². The first kappa shape index (κ1) is 13.0. The zero-order valence-electron chi connectivity index (χ0n) is 10.2. The summed E-state index contributed by atoms with van der Waals surface area (Å²) in [6.45, 7) is 1.47. The van der Waals surface area contributed by atoms with Crippen molar-refractivity contribution in [3.63, 3.8) is 0 Å². The van der Waals surface area contributed by atoms with Crippen molar-refractivity contribution < 1.29 is 14.8 Å². The third-order valence-electron chi connectivity index (χ3n) is 2.61. The second kappa shape index (κ2) is 5.45. The summed E-state index contributed by atoms with van der Waals surface area (Å²) < 4.78 is 5.52. The minimum absolute atomic E-state index is 0.0530. The Balaban J connectivity index is 2.29. The van der Waals surface area contributed by atoms with Gasteiger partial charge in [-0.1, -0.05) is 18.2 Å². The normalized spacial score (nSPS) is 10.2. The van der Waals surface area contributed by atoms with Gasteiger partial charge in [-0.2, -0.15) is 0 Å². The van der Waals surface area contributed by atoms with E-state index in [1.54, 1.807) is 31.2 Å². The monoisotopic (exact) mass is 260 g/mol. The van der Waals surface area contributed by atoms with Crippen molar-refractivity contribution in [1.29, 1.82) is 0 Å². The molecule has 1 heterocycles. The topological polar surface area (TPSA) is 85.5 Å². The van der Waals surface area contributed by atoms with Crippen molar-refractivity contribution >= 4 is 5.69 Å². The van der Waals surface area contributed by atoms with Crippen LogP contribution >= 0.6 is 0 Å². The first-order chi connectivity index (χ1) is 9.11.